The lowest BCUT2D eigenvalue weighted by atomic mass is 10.1. The van der Waals surface area contributed by atoms with Crippen molar-refractivity contribution in [2.45, 2.75) is 18.2 Å². The molecule has 3 heteroatoms. The summed E-state index contributed by atoms with van der Waals surface area (Å²) < 4.78 is 5.07. The van der Waals surface area contributed by atoms with Gasteiger partial charge in [-0.15, -0.1) is 0 Å². The van der Waals surface area contributed by atoms with E-state index in [1.807, 2.05) is 18.2 Å². The lowest BCUT2D eigenvalue weighted by Gasteiger charge is -2.09. The zero-order chi connectivity index (χ0) is 9.84. The van der Waals surface area contributed by atoms with Crippen LogP contribution in [0.3, 0.4) is 0 Å². The minimum Gasteiger partial charge on any atom is -0.495 e. The van der Waals surface area contributed by atoms with Crippen LogP contribution in [0.1, 0.15) is 23.7 Å². The first-order valence-electron chi connectivity index (χ1n) is 4.16. The van der Waals surface area contributed by atoms with Crippen LogP contribution in [0, 0.1) is 0 Å². The Morgan fingerprint density at radius 1 is 1.54 bits per heavy atom. The van der Waals surface area contributed by atoms with Crippen LogP contribution in [0.4, 0.5) is 0 Å². The summed E-state index contributed by atoms with van der Waals surface area (Å²) >= 11 is 9.55. The Kier molecular flexibility index (Phi) is 4.07. The standard InChI is InChI=1S/C10H12BrClO/c1-3-8(11)7-4-5-10(13-2)9(12)6-7/h4-6,8H,3H2,1-2H3. The van der Waals surface area contributed by atoms with Gasteiger partial charge in [-0.25, -0.2) is 0 Å². The molecule has 0 heterocycles. The Morgan fingerprint density at radius 2 is 2.23 bits per heavy atom. The molecule has 1 atom stereocenters. The van der Waals surface area contributed by atoms with E-state index in [1.165, 1.54) is 5.56 Å². The number of benzene rings is 1. The van der Waals surface area contributed by atoms with Crippen molar-refractivity contribution in [3.63, 3.8) is 0 Å². The van der Waals surface area contributed by atoms with E-state index in [2.05, 4.69) is 22.9 Å². The zero-order valence-corrected chi connectivity index (χ0v) is 10.0. The highest BCUT2D eigenvalue weighted by Crippen LogP contribution is 2.32. The third-order valence-corrected chi connectivity index (χ3v) is 3.37. The molecule has 0 aliphatic heterocycles. The van der Waals surface area contributed by atoms with Gasteiger partial charge in [0.1, 0.15) is 5.75 Å². The second-order valence-corrected chi connectivity index (χ2v) is 4.28. The zero-order valence-electron chi connectivity index (χ0n) is 7.68. The van der Waals surface area contributed by atoms with E-state index < -0.39 is 0 Å². The predicted molar refractivity (Wildman–Crippen MR) is 60.0 cm³/mol. The van der Waals surface area contributed by atoms with Crippen molar-refractivity contribution in [2.75, 3.05) is 7.11 Å². The molecule has 0 radical (unpaired) electrons. The fourth-order valence-corrected chi connectivity index (χ4v) is 1.66. The third kappa shape index (κ3) is 2.61. The summed E-state index contributed by atoms with van der Waals surface area (Å²) in [6, 6.07) is 5.85. The van der Waals surface area contributed by atoms with Crippen molar-refractivity contribution in [3.05, 3.63) is 28.8 Å². The molecule has 13 heavy (non-hydrogen) atoms. The fourth-order valence-electron chi connectivity index (χ4n) is 1.11. The molecule has 1 nitrogen and oxygen atoms in total. The lowest BCUT2D eigenvalue weighted by Crippen LogP contribution is -1.89. The van der Waals surface area contributed by atoms with E-state index in [0.29, 0.717) is 9.85 Å². The van der Waals surface area contributed by atoms with Gasteiger partial charge in [0.25, 0.3) is 0 Å². The molecule has 0 saturated heterocycles. The molecule has 0 saturated carbocycles. The molecule has 72 valence electrons. The van der Waals surface area contributed by atoms with Crippen molar-refractivity contribution >= 4 is 27.5 Å². The maximum atomic E-state index is 5.98. The quantitative estimate of drug-likeness (QED) is 0.743. The maximum absolute atomic E-state index is 5.98. The molecule has 0 aliphatic carbocycles. The highest BCUT2D eigenvalue weighted by molar-refractivity contribution is 9.09. The third-order valence-electron chi connectivity index (χ3n) is 1.90. The first-order valence-corrected chi connectivity index (χ1v) is 5.46. The van der Waals surface area contributed by atoms with Crippen LogP contribution in [0.15, 0.2) is 18.2 Å². The molecule has 1 rings (SSSR count). The van der Waals surface area contributed by atoms with E-state index in [1.54, 1.807) is 7.11 Å². The molecule has 0 spiro atoms. The molecular weight excluding hydrogens is 251 g/mol. The predicted octanol–water partition coefficient (Wildman–Crippen LogP) is 4.19. The van der Waals surface area contributed by atoms with Gasteiger partial charge >= 0.3 is 0 Å². The van der Waals surface area contributed by atoms with Gasteiger partial charge in [-0.05, 0) is 24.1 Å². The molecule has 0 N–H and O–H groups in total. The van der Waals surface area contributed by atoms with Crippen LogP contribution in [0.25, 0.3) is 0 Å². The van der Waals surface area contributed by atoms with Gasteiger partial charge in [0.2, 0.25) is 0 Å². The van der Waals surface area contributed by atoms with Crippen molar-refractivity contribution in [1.82, 2.24) is 0 Å². The summed E-state index contributed by atoms with van der Waals surface area (Å²) in [5.74, 6) is 0.723. The highest BCUT2D eigenvalue weighted by atomic mass is 79.9. The Labute approximate surface area is 92.2 Å². The number of hydrogen-bond acceptors (Lipinski definition) is 1. The number of hydrogen-bond donors (Lipinski definition) is 0. The smallest absolute Gasteiger partial charge is 0.137 e. The second kappa shape index (κ2) is 4.87. The van der Waals surface area contributed by atoms with Crippen LogP contribution in [-0.2, 0) is 0 Å². The Bertz CT molecular complexity index is 288. The summed E-state index contributed by atoms with van der Waals surface area (Å²) in [7, 11) is 1.62. The van der Waals surface area contributed by atoms with Crippen molar-refractivity contribution in [2.24, 2.45) is 0 Å². The summed E-state index contributed by atoms with van der Waals surface area (Å²) in [4.78, 5) is 0.371. The number of halogens is 2. The molecule has 0 aliphatic rings. The van der Waals surface area contributed by atoms with E-state index in [9.17, 15) is 0 Å². The van der Waals surface area contributed by atoms with Crippen LogP contribution >= 0.6 is 27.5 Å². The lowest BCUT2D eigenvalue weighted by molar-refractivity contribution is 0.415. The Hall–Kier alpha value is -0.210. The first-order chi connectivity index (χ1) is 6.19. The monoisotopic (exact) mass is 262 g/mol. The number of ether oxygens (including phenoxy) is 1. The van der Waals surface area contributed by atoms with Crippen LogP contribution in [-0.4, -0.2) is 7.11 Å². The Morgan fingerprint density at radius 3 is 2.69 bits per heavy atom. The fraction of sp³-hybridized carbons (Fsp3) is 0.400. The number of alkyl halides is 1. The van der Waals surface area contributed by atoms with Crippen LogP contribution in [0.2, 0.25) is 5.02 Å². The topological polar surface area (TPSA) is 9.23 Å². The van der Waals surface area contributed by atoms with E-state index in [0.717, 1.165) is 12.2 Å². The average Bonchev–Trinajstić information content (AvgIpc) is 2.16. The molecule has 0 aromatic heterocycles. The molecule has 1 aromatic rings. The van der Waals surface area contributed by atoms with Crippen molar-refractivity contribution in [3.8, 4) is 5.75 Å². The molecular formula is C10H12BrClO. The van der Waals surface area contributed by atoms with Gasteiger partial charge < -0.3 is 4.74 Å². The van der Waals surface area contributed by atoms with Gasteiger partial charge in [0.15, 0.2) is 0 Å². The SMILES string of the molecule is CCC(Br)c1ccc(OC)c(Cl)c1. The van der Waals surface area contributed by atoms with Gasteiger partial charge in [-0.3, -0.25) is 0 Å². The van der Waals surface area contributed by atoms with E-state index in [-0.39, 0.29) is 0 Å². The minimum atomic E-state index is 0.371. The maximum Gasteiger partial charge on any atom is 0.137 e. The summed E-state index contributed by atoms with van der Waals surface area (Å²) in [5, 5.41) is 0.665. The van der Waals surface area contributed by atoms with Crippen LogP contribution < -0.4 is 4.74 Å². The normalized spacial score (nSPS) is 12.6. The number of rotatable bonds is 3. The molecule has 1 unspecified atom stereocenters. The molecule has 0 bridgehead atoms. The molecule has 0 amide bonds. The summed E-state index contributed by atoms with van der Waals surface area (Å²) in [6.07, 6.45) is 1.04. The van der Waals surface area contributed by atoms with Crippen molar-refractivity contribution in [1.29, 1.82) is 0 Å². The van der Waals surface area contributed by atoms with Gasteiger partial charge in [0, 0.05) is 4.83 Å². The van der Waals surface area contributed by atoms with Crippen LogP contribution in [0.5, 0.6) is 5.75 Å². The molecule has 1 aromatic carbocycles. The van der Waals surface area contributed by atoms with Gasteiger partial charge in [0.05, 0.1) is 12.1 Å². The molecule has 0 fully saturated rings. The number of methoxy groups -OCH3 is 1. The first kappa shape index (κ1) is 10.9. The van der Waals surface area contributed by atoms with Gasteiger partial charge in [-0.1, -0.05) is 40.5 Å². The minimum absolute atomic E-state index is 0.371. The largest absolute Gasteiger partial charge is 0.495 e. The Balaban J connectivity index is 2.95. The second-order valence-electron chi connectivity index (χ2n) is 2.77. The highest BCUT2D eigenvalue weighted by Gasteiger charge is 2.07. The average molecular weight is 264 g/mol. The van der Waals surface area contributed by atoms with Crippen molar-refractivity contribution < 1.29 is 4.74 Å². The summed E-state index contributed by atoms with van der Waals surface area (Å²) in [5.41, 5.74) is 1.19. The van der Waals surface area contributed by atoms with Gasteiger partial charge in [-0.2, -0.15) is 0 Å². The van der Waals surface area contributed by atoms with E-state index >= 15 is 0 Å². The van der Waals surface area contributed by atoms with E-state index in [4.69, 9.17) is 16.3 Å². The summed E-state index contributed by atoms with van der Waals surface area (Å²) in [6.45, 7) is 2.12.